The van der Waals surface area contributed by atoms with Crippen molar-refractivity contribution in [1.29, 1.82) is 0 Å². The molecular formula is C18H21N3O3S. The van der Waals surface area contributed by atoms with Crippen LogP contribution in [0.4, 0.5) is 0 Å². The quantitative estimate of drug-likeness (QED) is 0.839. The Kier molecular flexibility index (Phi) is 4.00. The predicted octanol–water partition coefficient (Wildman–Crippen LogP) is 2.63. The number of hydrogen-bond donors (Lipinski definition) is 0. The maximum atomic E-state index is 13.3. The molecule has 0 saturated carbocycles. The molecule has 2 aliphatic rings. The van der Waals surface area contributed by atoms with Crippen LogP contribution >= 0.6 is 0 Å². The van der Waals surface area contributed by atoms with Gasteiger partial charge in [-0.25, -0.2) is 18.4 Å². The van der Waals surface area contributed by atoms with Gasteiger partial charge in [-0.05, 0) is 50.5 Å². The van der Waals surface area contributed by atoms with Crippen molar-refractivity contribution in [2.45, 2.75) is 50.1 Å². The first kappa shape index (κ1) is 16.5. The van der Waals surface area contributed by atoms with Crippen LogP contribution in [0.15, 0.2) is 35.6 Å². The summed E-state index contributed by atoms with van der Waals surface area (Å²) in [6.45, 7) is 4.34. The van der Waals surface area contributed by atoms with Crippen molar-refractivity contribution in [3.8, 4) is 5.75 Å². The van der Waals surface area contributed by atoms with Crippen molar-refractivity contribution in [1.82, 2.24) is 14.3 Å². The van der Waals surface area contributed by atoms with Crippen LogP contribution < -0.4 is 4.74 Å². The number of hydrogen-bond acceptors (Lipinski definition) is 5. The SMILES string of the molecule is CCOc1ccc(S(=O)(=O)N2C3CCC2c2cncnc2C3)cc1C. The number of benzene rings is 1. The van der Waals surface area contributed by atoms with Crippen LogP contribution in [0.5, 0.6) is 5.75 Å². The van der Waals surface area contributed by atoms with Gasteiger partial charge in [0.1, 0.15) is 12.1 Å². The van der Waals surface area contributed by atoms with Crippen LogP contribution in [0.2, 0.25) is 0 Å². The van der Waals surface area contributed by atoms with E-state index in [9.17, 15) is 8.42 Å². The first-order chi connectivity index (χ1) is 12.0. The summed E-state index contributed by atoms with van der Waals surface area (Å²) < 4.78 is 33.8. The summed E-state index contributed by atoms with van der Waals surface area (Å²) in [6.07, 6.45) is 5.64. The summed E-state index contributed by atoms with van der Waals surface area (Å²) in [5.41, 5.74) is 2.76. The number of aryl methyl sites for hydroxylation is 1. The van der Waals surface area contributed by atoms with E-state index >= 15 is 0 Å². The standard InChI is InChI=1S/C18H21N3O3S/c1-3-24-18-7-5-14(8-12(18)2)25(22,23)21-13-4-6-17(21)15-10-19-11-20-16(15)9-13/h5,7-8,10-11,13,17H,3-4,6,9H2,1-2H3. The summed E-state index contributed by atoms with van der Waals surface area (Å²) in [7, 11) is -3.57. The Morgan fingerprint density at radius 1 is 1.32 bits per heavy atom. The first-order valence-corrected chi connectivity index (χ1v) is 10.0. The Bertz CT molecular complexity index is 914. The highest BCUT2D eigenvalue weighted by Crippen LogP contribution is 2.46. The number of sulfonamides is 1. The Morgan fingerprint density at radius 2 is 2.16 bits per heavy atom. The van der Waals surface area contributed by atoms with Gasteiger partial charge >= 0.3 is 0 Å². The van der Waals surface area contributed by atoms with E-state index in [1.54, 1.807) is 28.7 Å². The maximum Gasteiger partial charge on any atom is 0.243 e. The Balaban J connectivity index is 1.73. The Hall–Kier alpha value is -1.99. The van der Waals surface area contributed by atoms with E-state index in [1.807, 2.05) is 13.8 Å². The van der Waals surface area contributed by atoms with Crippen LogP contribution in [0.25, 0.3) is 0 Å². The molecule has 25 heavy (non-hydrogen) atoms. The number of nitrogens with zero attached hydrogens (tertiary/aromatic N) is 3. The molecule has 1 aromatic carbocycles. The molecule has 4 rings (SSSR count). The van der Waals surface area contributed by atoms with E-state index in [-0.39, 0.29) is 12.1 Å². The topological polar surface area (TPSA) is 72.4 Å². The molecule has 3 heterocycles. The molecule has 0 radical (unpaired) electrons. The fraction of sp³-hybridized carbons (Fsp3) is 0.444. The molecule has 1 saturated heterocycles. The number of rotatable bonds is 4. The molecule has 0 amide bonds. The summed E-state index contributed by atoms with van der Waals surface area (Å²) in [5, 5.41) is 0. The second-order valence-corrected chi connectivity index (χ2v) is 8.41. The third-order valence-electron chi connectivity index (χ3n) is 5.08. The van der Waals surface area contributed by atoms with E-state index in [0.717, 1.165) is 35.4 Å². The second-order valence-electron chi connectivity index (χ2n) is 6.57. The summed E-state index contributed by atoms with van der Waals surface area (Å²) in [6, 6.07) is 4.91. The van der Waals surface area contributed by atoms with Crippen molar-refractivity contribution in [3.05, 3.63) is 47.5 Å². The van der Waals surface area contributed by atoms with E-state index in [0.29, 0.717) is 17.9 Å². The van der Waals surface area contributed by atoms with Gasteiger partial charge in [-0.1, -0.05) is 0 Å². The van der Waals surface area contributed by atoms with Crippen molar-refractivity contribution in [3.63, 3.8) is 0 Å². The molecule has 2 bridgehead atoms. The zero-order valence-corrected chi connectivity index (χ0v) is 15.2. The van der Waals surface area contributed by atoms with Crippen molar-refractivity contribution >= 4 is 10.0 Å². The highest BCUT2D eigenvalue weighted by Gasteiger charge is 2.47. The van der Waals surface area contributed by atoms with Gasteiger partial charge < -0.3 is 4.74 Å². The highest BCUT2D eigenvalue weighted by molar-refractivity contribution is 7.89. The van der Waals surface area contributed by atoms with Crippen molar-refractivity contribution in [2.75, 3.05) is 6.61 Å². The average molecular weight is 359 g/mol. The summed E-state index contributed by atoms with van der Waals surface area (Å²) in [4.78, 5) is 8.77. The highest BCUT2D eigenvalue weighted by atomic mass is 32.2. The zero-order valence-electron chi connectivity index (χ0n) is 14.3. The lowest BCUT2D eigenvalue weighted by molar-refractivity contribution is 0.300. The lowest BCUT2D eigenvalue weighted by Crippen LogP contribution is -2.42. The lowest BCUT2D eigenvalue weighted by atomic mass is 10.0. The smallest absolute Gasteiger partial charge is 0.243 e. The molecule has 1 aromatic heterocycles. The van der Waals surface area contributed by atoms with Gasteiger partial charge in [-0.3, -0.25) is 0 Å². The van der Waals surface area contributed by atoms with Gasteiger partial charge in [0.15, 0.2) is 0 Å². The molecule has 7 heteroatoms. The van der Waals surface area contributed by atoms with Crippen LogP contribution in [0.3, 0.4) is 0 Å². The van der Waals surface area contributed by atoms with Gasteiger partial charge in [-0.2, -0.15) is 4.31 Å². The predicted molar refractivity (Wildman–Crippen MR) is 92.9 cm³/mol. The number of ether oxygens (including phenoxy) is 1. The molecule has 1 fully saturated rings. The van der Waals surface area contributed by atoms with Gasteiger partial charge in [0.05, 0.1) is 23.2 Å². The average Bonchev–Trinajstić information content (AvgIpc) is 2.93. The van der Waals surface area contributed by atoms with Crippen LogP contribution in [0, 0.1) is 6.92 Å². The molecule has 2 unspecified atom stereocenters. The minimum atomic E-state index is -3.57. The molecule has 132 valence electrons. The van der Waals surface area contributed by atoms with Crippen molar-refractivity contribution < 1.29 is 13.2 Å². The third-order valence-corrected chi connectivity index (χ3v) is 7.03. The van der Waals surface area contributed by atoms with Gasteiger partial charge in [0.25, 0.3) is 0 Å². The Morgan fingerprint density at radius 3 is 2.92 bits per heavy atom. The molecule has 6 nitrogen and oxygen atoms in total. The van der Waals surface area contributed by atoms with Gasteiger partial charge in [0, 0.05) is 24.2 Å². The largest absolute Gasteiger partial charge is 0.494 e. The minimum absolute atomic E-state index is 0.0238. The fourth-order valence-electron chi connectivity index (χ4n) is 3.97. The number of fused-ring (bicyclic) bond motifs is 4. The number of aromatic nitrogens is 2. The third kappa shape index (κ3) is 2.62. The summed E-state index contributed by atoms with van der Waals surface area (Å²) >= 11 is 0. The lowest BCUT2D eigenvalue weighted by Gasteiger charge is -2.34. The van der Waals surface area contributed by atoms with Crippen LogP contribution in [-0.4, -0.2) is 35.3 Å². The van der Waals surface area contributed by atoms with E-state index in [2.05, 4.69) is 9.97 Å². The molecule has 2 atom stereocenters. The van der Waals surface area contributed by atoms with Gasteiger partial charge in [-0.15, -0.1) is 0 Å². The monoisotopic (exact) mass is 359 g/mol. The molecule has 0 spiro atoms. The molecular weight excluding hydrogens is 338 g/mol. The minimum Gasteiger partial charge on any atom is -0.494 e. The summed E-state index contributed by atoms with van der Waals surface area (Å²) in [5.74, 6) is 0.724. The molecule has 2 aliphatic heterocycles. The molecule has 2 aromatic rings. The first-order valence-electron chi connectivity index (χ1n) is 8.58. The van der Waals surface area contributed by atoms with Gasteiger partial charge in [0.2, 0.25) is 10.0 Å². The van der Waals surface area contributed by atoms with Crippen molar-refractivity contribution in [2.24, 2.45) is 0 Å². The normalized spacial score (nSPS) is 22.6. The van der Waals surface area contributed by atoms with E-state index in [4.69, 9.17) is 4.74 Å². The Labute approximate surface area is 147 Å². The van der Waals surface area contributed by atoms with E-state index in [1.165, 1.54) is 6.33 Å². The maximum absolute atomic E-state index is 13.3. The van der Waals surface area contributed by atoms with Crippen LogP contribution in [-0.2, 0) is 16.4 Å². The zero-order chi connectivity index (χ0) is 17.6. The molecule has 0 aliphatic carbocycles. The van der Waals surface area contributed by atoms with Crippen LogP contribution in [0.1, 0.15) is 42.6 Å². The second kappa shape index (κ2) is 6.07. The molecule has 0 N–H and O–H groups in total. The fourth-order valence-corrected chi connectivity index (χ4v) is 5.90. The van der Waals surface area contributed by atoms with E-state index < -0.39 is 10.0 Å².